The zero-order valence-corrected chi connectivity index (χ0v) is 8.87. The van der Waals surface area contributed by atoms with Crippen LogP contribution in [-0.2, 0) is 0 Å². The SMILES string of the molecule is CNC(c1ccccc1)C1CCCC1. The highest BCUT2D eigenvalue weighted by Gasteiger charge is 2.24. The summed E-state index contributed by atoms with van der Waals surface area (Å²) < 4.78 is 0. The molecule has 1 heteroatoms. The first-order valence-electron chi connectivity index (χ1n) is 5.64. The highest BCUT2D eigenvalue weighted by Crippen LogP contribution is 2.35. The smallest absolute Gasteiger partial charge is 0.0346 e. The Bertz CT molecular complexity index is 262. The molecule has 1 nitrogen and oxygen atoms in total. The average Bonchev–Trinajstić information content (AvgIpc) is 2.74. The second-order valence-electron chi connectivity index (χ2n) is 4.22. The quantitative estimate of drug-likeness (QED) is 0.770. The lowest BCUT2D eigenvalue weighted by Crippen LogP contribution is -2.23. The molecule has 0 saturated heterocycles. The van der Waals surface area contributed by atoms with Crippen LogP contribution >= 0.6 is 0 Å². The summed E-state index contributed by atoms with van der Waals surface area (Å²) >= 11 is 0. The van der Waals surface area contributed by atoms with Crippen LogP contribution in [0.15, 0.2) is 30.3 Å². The van der Waals surface area contributed by atoms with Crippen molar-refractivity contribution in [2.75, 3.05) is 7.05 Å². The van der Waals surface area contributed by atoms with Crippen LogP contribution in [0.2, 0.25) is 0 Å². The molecule has 1 aromatic carbocycles. The lowest BCUT2D eigenvalue weighted by atomic mass is 9.92. The second kappa shape index (κ2) is 4.61. The van der Waals surface area contributed by atoms with Gasteiger partial charge in [-0.25, -0.2) is 0 Å². The summed E-state index contributed by atoms with van der Waals surface area (Å²) in [6, 6.07) is 11.4. The molecule has 14 heavy (non-hydrogen) atoms. The van der Waals surface area contributed by atoms with Crippen molar-refractivity contribution in [1.82, 2.24) is 5.32 Å². The van der Waals surface area contributed by atoms with E-state index in [2.05, 4.69) is 42.7 Å². The molecule has 0 spiro atoms. The van der Waals surface area contributed by atoms with Gasteiger partial charge in [0.1, 0.15) is 0 Å². The van der Waals surface area contributed by atoms with Crippen molar-refractivity contribution < 1.29 is 0 Å². The van der Waals surface area contributed by atoms with Crippen molar-refractivity contribution in [3.05, 3.63) is 35.9 Å². The minimum atomic E-state index is 0.568. The van der Waals surface area contributed by atoms with Gasteiger partial charge < -0.3 is 5.32 Å². The summed E-state index contributed by atoms with van der Waals surface area (Å²) in [7, 11) is 2.08. The third-order valence-corrected chi connectivity index (χ3v) is 3.34. The van der Waals surface area contributed by atoms with E-state index in [9.17, 15) is 0 Å². The van der Waals surface area contributed by atoms with Crippen LogP contribution in [0, 0.1) is 5.92 Å². The molecular formula is C13H19N. The van der Waals surface area contributed by atoms with Gasteiger partial charge in [0.2, 0.25) is 0 Å². The molecule has 1 atom stereocenters. The maximum atomic E-state index is 3.46. The molecule has 0 radical (unpaired) electrons. The van der Waals surface area contributed by atoms with Crippen molar-refractivity contribution in [2.24, 2.45) is 5.92 Å². The van der Waals surface area contributed by atoms with Crippen LogP contribution < -0.4 is 5.32 Å². The Morgan fingerprint density at radius 2 is 1.79 bits per heavy atom. The first kappa shape index (κ1) is 9.72. The molecule has 0 aliphatic heterocycles. The van der Waals surface area contributed by atoms with Crippen molar-refractivity contribution in [1.29, 1.82) is 0 Å². The predicted octanol–water partition coefficient (Wildman–Crippen LogP) is 3.14. The van der Waals surface area contributed by atoms with Gasteiger partial charge >= 0.3 is 0 Å². The van der Waals surface area contributed by atoms with Crippen molar-refractivity contribution in [2.45, 2.75) is 31.7 Å². The van der Waals surface area contributed by atoms with Crippen LogP contribution in [0.4, 0.5) is 0 Å². The Balaban J connectivity index is 2.12. The van der Waals surface area contributed by atoms with E-state index < -0.39 is 0 Å². The highest BCUT2D eigenvalue weighted by atomic mass is 14.9. The van der Waals surface area contributed by atoms with E-state index in [0.29, 0.717) is 6.04 Å². The summed E-state index contributed by atoms with van der Waals surface area (Å²) in [5.41, 5.74) is 1.45. The molecule has 0 bridgehead atoms. The Morgan fingerprint density at radius 1 is 1.14 bits per heavy atom. The van der Waals surface area contributed by atoms with Gasteiger partial charge in [-0.15, -0.1) is 0 Å². The van der Waals surface area contributed by atoms with Crippen LogP contribution in [0.25, 0.3) is 0 Å². The second-order valence-corrected chi connectivity index (χ2v) is 4.22. The molecule has 1 aromatic rings. The molecule has 2 rings (SSSR count). The van der Waals surface area contributed by atoms with E-state index in [-0.39, 0.29) is 0 Å². The van der Waals surface area contributed by atoms with Crippen molar-refractivity contribution in [3.63, 3.8) is 0 Å². The maximum Gasteiger partial charge on any atom is 0.0346 e. The summed E-state index contributed by atoms with van der Waals surface area (Å²) in [6.07, 6.45) is 5.60. The fraction of sp³-hybridized carbons (Fsp3) is 0.538. The topological polar surface area (TPSA) is 12.0 Å². The lowest BCUT2D eigenvalue weighted by Gasteiger charge is -2.23. The average molecular weight is 189 g/mol. The predicted molar refractivity (Wildman–Crippen MR) is 60.2 cm³/mol. The van der Waals surface area contributed by atoms with Crippen LogP contribution in [0.5, 0.6) is 0 Å². The van der Waals surface area contributed by atoms with E-state index in [1.54, 1.807) is 0 Å². The van der Waals surface area contributed by atoms with E-state index in [0.717, 1.165) is 5.92 Å². The van der Waals surface area contributed by atoms with Gasteiger partial charge in [0.15, 0.2) is 0 Å². The number of benzene rings is 1. The first-order valence-corrected chi connectivity index (χ1v) is 5.64. The zero-order chi connectivity index (χ0) is 9.80. The highest BCUT2D eigenvalue weighted by molar-refractivity contribution is 5.19. The van der Waals surface area contributed by atoms with Crippen LogP contribution in [0.3, 0.4) is 0 Å². The van der Waals surface area contributed by atoms with Gasteiger partial charge in [-0.05, 0) is 31.4 Å². The molecule has 76 valence electrons. The number of rotatable bonds is 3. The molecule has 0 heterocycles. The van der Waals surface area contributed by atoms with Gasteiger partial charge in [0, 0.05) is 6.04 Å². The molecule has 1 saturated carbocycles. The first-order chi connectivity index (χ1) is 6.92. The third-order valence-electron chi connectivity index (χ3n) is 3.34. The van der Waals surface area contributed by atoms with Gasteiger partial charge in [0.05, 0.1) is 0 Å². The van der Waals surface area contributed by atoms with Gasteiger partial charge in [0.25, 0.3) is 0 Å². The zero-order valence-electron chi connectivity index (χ0n) is 8.87. The van der Waals surface area contributed by atoms with Crippen LogP contribution in [0.1, 0.15) is 37.3 Å². The molecule has 1 unspecified atom stereocenters. The van der Waals surface area contributed by atoms with Crippen molar-refractivity contribution >= 4 is 0 Å². The summed E-state index contributed by atoms with van der Waals surface area (Å²) in [4.78, 5) is 0. The maximum absolute atomic E-state index is 3.46. The summed E-state index contributed by atoms with van der Waals surface area (Å²) in [5.74, 6) is 0.849. The van der Waals surface area contributed by atoms with E-state index in [4.69, 9.17) is 0 Å². The van der Waals surface area contributed by atoms with Gasteiger partial charge in [-0.1, -0.05) is 43.2 Å². The molecular weight excluding hydrogens is 170 g/mol. The fourth-order valence-corrected chi connectivity index (χ4v) is 2.63. The Labute approximate surface area is 86.5 Å². The molecule has 1 aliphatic rings. The minimum absolute atomic E-state index is 0.568. The number of hydrogen-bond donors (Lipinski definition) is 1. The van der Waals surface area contributed by atoms with E-state index >= 15 is 0 Å². The van der Waals surface area contributed by atoms with Crippen molar-refractivity contribution in [3.8, 4) is 0 Å². The molecule has 1 fully saturated rings. The third kappa shape index (κ3) is 1.98. The standard InChI is InChI=1S/C13H19N/c1-14-13(12-9-5-6-10-12)11-7-3-2-4-8-11/h2-4,7-8,12-14H,5-6,9-10H2,1H3. The summed E-state index contributed by atoms with van der Waals surface area (Å²) in [5, 5.41) is 3.46. The number of nitrogens with one attached hydrogen (secondary N) is 1. The monoisotopic (exact) mass is 189 g/mol. The summed E-state index contributed by atoms with van der Waals surface area (Å²) in [6.45, 7) is 0. The molecule has 0 aromatic heterocycles. The van der Waals surface area contributed by atoms with Gasteiger partial charge in [-0.3, -0.25) is 0 Å². The normalized spacial score (nSPS) is 19.8. The Hall–Kier alpha value is -0.820. The van der Waals surface area contributed by atoms with Gasteiger partial charge in [-0.2, -0.15) is 0 Å². The number of hydrogen-bond acceptors (Lipinski definition) is 1. The van der Waals surface area contributed by atoms with Crippen LogP contribution in [-0.4, -0.2) is 7.05 Å². The van der Waals surface area contributed by atoms with E-state index in [1.807, 2.05) is 0 Å². The molecule has 1 aliphatic carbocycles. The molecule has 1 N–H and O–H groups in total. The Morgan fingerprint density at radius 3 is 2.36 bits per heavy atom. The van der Waals surface area contributed by atoms with E-state index in [1.165, 1.54) is 31.2 Å². The lowest BCUT2D eigenvalue weighted by molar-refractivity contribution is 0.390. The fourth-order valence-electron chi connectivity index (χ4n) is 2.63. The Kier molecular flexibility index (Phi) is 3.20. The largest absolute Gasteiger partial charge is 0.313 e. The minimum Gasteiger partial charge on any atom is -0.313 e. The molecule has 0 amide bonds.